The maximum atomic E-state index is 13.1. The van der Waals surface area contributed by atoms with E-state index in [1.807, 2.05) is 0 Å². The Morgan fingerprint density at radius 1 is 1.06 bits per heavy atom. The molecule has 1 aromatic heterocycles. The van der Waals surface area contributed by atoms with Gasteiger partial charge in [-0.15, -0.1) is 11.3 Å². The normalized spacial score (nSPS) is 11.4. The molecule has 0 saturated heterocycles. The third-order valence-electron chi connectivity index (χ3n) is 4.50. The molecule has 1 N–H and O–H groups in total. The molecule has 0 bridgehead atoms. The summed E-state index contributed by atoms with van der Waals surface area (Å²) in [4.78, 5) is 25.6. The van der Waals surface area contributed by atoms with Gasteiger partial charge in [-0.25, -0.2) is 21.9 Å². The van der Waals surface area contributed by atoms with Crippen molar-refractivity contribution in [2.45, 2.75) is 11.8 Å². The van der Waals surface area contributed by atoms with Crippen LogP contribution in [0.25, 0.3) is 10.4 Å². The molecule has 7 nitrogen and oxygen atoms in total. The summed E-state index contributed by atoms with van der Waals surface area (Å²) in [5.41, 5.74) is 1.57. The molecule has 1 heterocycles. The van der Waals surface area contributed by atoms with E-state index in [4.69, 9.17) is 4.74 Å². The van der Waals surface area contributed by atoms with Gasteiger partial charge in [0.2, 0.25) is 10.0 Å². The molecule has 3 rings (SSSR count). The van der Waals surface area contributed by atoms with Crippen LogP contribution in [0.3, 0.4) is 0 Å². The van der Waals surface area contributed by atoms with Crippen molar-refractivity contribution in [2.75, 3.05) is 26.0 Å². The summed E-state index contributed by atoms with van der Waals surface area (Å²) in [6, 6.07) is 13.7. The molecule has 0 unspecified atom stereocenters. The Morgan fingerprint density at radius 2 is 1.75 bits per heavy atom. The van der Waals surface area contributed by atoms with Crippen LogP contribution in [0.4, 0.5) is 10.1 Å². The molecule has 0 atom stereocenters. The quantitative estimate of drug-likeness (QED) is 0.522. The number of esters is 1. The number of benzene rings is 2. The van der Waals surface area contributed by atoms with Crippen molar-refractivity contribution >= 4 is 38.9 Å². The lowest BCUT2D eigenvalue weighted by Gasteiger charge is -2.15. The zero-order chi connectivity index (χ0) is 23.5. The third-order valence-corrected chi connectivity index (χ3v) is 7.57. The van der Waals surface area contributed by atoms with E-state index in [0.29, 0.717) is 10.4 Å². The second-order valence-corrected chi connectivity index (χ2v) is 10.3. The van der Waals surface area contributed by atoms with Crippen molar-refractivity contribution in [3.8, 4) is 10.4 Å². The molecule has 0 radical (unpaired) electrons. The second kappa shape index (κ2) is 9.60. The van der Waals surface area contributed by atoms with E-state index < -0.39 is 28.5 Å². The summed E-state index contributed by atoms with van der Waals surface area (Å²) in [5.74, 6) is -1.63. The average molecular weight is 477 g/mol. The maximum absolute atomic E-state index is 13.1. The molecule has 0 fully saturated rings. The first-order valence-corrected chi connectivity index (χ1v) is 11.7. The zero-order valence-corrected chi connectivity index (χ0v) is 19.2. The molecular formula is C22H21FN2O5S2. The highest BCUT2D eigenvalue weighted by Gasteiger charge is 2.21. The van der Waals surface area contributed by atoms with Crippen LogP contribution >= 0.6 is 11.3 Å². The van der Waals surface area contributed by atoms with Gasteiger partial charge >= 0.3 is 5.97 Å². The molecule has 168 valence electrons. The summed E-state index contributed by atoms with van der Waals surface area (Å²) in [5, 5.41) is 2.53. The van der Waals surface area contributed by atoms with E-state index >= 15 is 0 Å². The standard InChI is InChI=1S/C22H21FN2O5S2/c1-14-4-9-17(12-20(14)32(28,29)25(2)3)24-21(26)13-30-22(27)19-11-10-18(31-19)15-5-7-16(23)8-6-15/h4-12H,13H2,1-3H3,(H,24,26). The fourth-order valence-electron chi connectivity index (χ4n) is 2.77. The number of anilines is 1. The number of sulfonamides is 1. The molecule has 0 aliphatic rings. The third kappa shape index (κ3) is 5.39. The monoisotopic (exact) mass is 476 g/mol. The number of carbonyl (C=O) groups is 2. The molecule has 2 aromatic carbocycles. The van der Waals surface area contributed by atoms with Gasteiger partial charge in [0.25, 0.3) is 5.91 Å². The number of halogens is 1. The van der Waals surface area contributed by atoms with Crippen LogP contribution in [0.15, 0.2) is 59.5 Å². The average Bonchev–Trinajstić information content (AvgIpc) is 3.24. The lowest BCUT2D eigenvalue weighted by molar-refractivity contribution is -0.119. The number of aryl methyl sites for hydroxylation is 1. The predicted molar refractivity (Wildman–Crippen MR) is 121 cm³/mol. The van der Waals surface area contributed by atoms with E-state index in [9.17, 15) is 22.4 Å². The molecule has 3 aromatic rings. The first-order chi connectivity index (χ1) is 15.1. The van der Waals surface area contributed by atoms with Crippen molar-refractivity contribution in [3.63, 3.8) is 0 Å². The Kier molecular flexibility index (Phi) is 7.07. The van der Waals surface area contributed by atoms with Crippen molar-refractivity contribution in [1.82, 2.24) is 4.31 Å². The minimum Gasteiger partial charge on any atom is -0.451 e. The summed E-state index contributed by atoms with van der Waals surface area (Å²) in [6.07, 6.45) is 0. The van der Waals surface area contributed by atoms with Gasteiger partial charge in [-0.05, 0) is 54.4 Å². The van der Waals surface area contributed by atoms with Gasteiger partial charge in [-0.1, -0.05) is 18.2 Å². The largest absolute Gasteiger partial charge is 0.451 e. The molecule has 0 aliphatic carbocycles. The van der Waals surface area contributed by atoms with Gasteiger partial charge in [0, 0.05) is 24.7 Å². The predicted octanol–water partition coefficient (Wildman–Crippen LogP) is 3.91. The van der Waals surface area contributed by atoms with E-state index in [2.05, 4.69) is 5.32 Å². The van der Waals surface area contributed by atoms with E-state index in [1.165, 1.54) is 32.3 Å². The van der Waals surface area contributed by atoms with Crippen molar-refractivity contribution < 1.29 is 27.1 Å². The Hall–Kier alpha value is -3.08. The smallest absolute Gasteiger partial charge is 0.348 e. The topological polar surface area (TPSA) is 92.8 Å². The van der Waals surface area contributed by atoms with Gasteiger partial charge in [0.15, 0.2) is 6.61 Å². The molecule has 32 heavy (non-hydrogen) atoms. The van der Waals surface area contributed by atoms with Crippen molar-refractivity contribution in [2.24, 2.45) is 0 Å². The first kappa shape index (κ1) is 23.6. The molecule has 0 spiro atoms. The highest BCUT2D eigenvalue weighted by molar-refractivity contribution is 7.89. The lowest BCUT2D eigenvalue weighted by Crippen LogP contribution is -2.24. The SMILES string of the molecule is Cc1ccc(NC(=O)COC(=O)c2ccc(-c3ccc(F)cc3)s2)cc1S(=O)(=O)N(C)C. The number of hydrogen-bond acceptors (Lipinski definition) is 6. The zero-order valence-electron chi connectivity index (χ0n) is 17.6. The van der Waals surface area contributed by atoms with Gasteiger partial charge in [0.05, 0.1) is 4.90 Å². The number of thiophene rings is 1. The number of ether oxygens (including phenoxy) is 1. The van der Waals surface area contributed by atoms with Gasteiger partial charge < -0.3 is 10.1 Å². The summed E-state index contributed by atoms with van der Waals surface area (Å²) in [7, 11) is -0.829. The van der Waals surface area contributed by atoms with Gasteiger partial charge in [-0.2, -0.15) is 0 Å². The number of hydrogen-bond donors (Lipinski definition) is 1. The first-order valence-electron chi connectivity index (χ1n) is 9.44. The maximum Gasteiger partial charge on any atom is 0.348 e. The van der Waals surface area contributed by atoms with Crippen LogP contribution in [-0.4, -0.2) is 45.3 Å². The highest BCUT2D eigenvalue weighted by Crippen LogP contribution is 2.28. The highest BCUT2D eigenvalue weighted by atomic mass is 32.2. The lowest BCUT2D eigenvalue weighted by atomic mass is 10.2. The molecular weight excluding hydrogens is 455 g/mol. The fourth-order valence-corrected chi connectivity index (χ4v) is 4.82. The van der Waals surface area contributed by atoms with Crippen LogP contribution in [0.1, 0.15) is 15.2 Å². The molecule has 0 aliphatic heterocycles. The number of rotatable bonds is 7. The fraction of sp³-hybridized carbons (Fsp3) is 0.182. The van der Waals surface area contributed by atoms with E-state index in [0.717, 1.165) is 26.1 Å². The van der Waals surface area contributed by atoms with Crippen LogP contribution in [0.2, 0.25) is 0 Å². The van der Waals surface area contributed by atoms with Crippen molar-refractivity contribution in [1.29, 1.82) is 0 Å². The molecule has 1 amide bonds. The number of nitrogens with zero attached hydrogens (tertiary/aromatic N) is 1. The summed E-state index contributed by atoms with van der Waals surface area (Å²) in [6.45, 7) is 1.12. The summed E-state index contributed by atoms with van der Waals surface area (Å²) >= 11 is 1.16. The van der Waals surface area contributed by atoms with Crippen LogP contribution in [0.5, 0.6) is 0 Å². The van der Waals surface area contributed by atoms with Crippen LogP contribution < -0.4 is 5.32 Å². The van der Waals surface area contributed by atoms with Crippen molar-refractivity contribution in [3.05, 3.63) is 70.9 Å². The van der Waals surface area contributed by atoms with Crippen LogP contribution in [0, 0.1) is 12.7 Å². The second-order valence-electron chi connectivity index (χ2n) is 7.06. The van der Waals surface area contributed by atoms with Gasteiger partial charge in [0.1, 0.15) is 10.7 Å². The number of nitrogens with one attached hydrogen (secondary N) is 1. The Bertz CT molecular complexity index is 1250. The Morgan fingerprint density at radius 3 is 2.41 bits per heavy atom. The molecule has 10 heteroatoms. The van der Waals surface area contributed by atoms with E-state index in [-0.39, 0.29) is 16.4 Å². The Labute approximate surface area is 189 Å². The van der Waals surface area contributed by atoms with Crippen LogP contribution in [-0.2, 0) is 19.6 Å². The number of carbonyl (C=O) groups excluding carboxylic acids is 2. The molecule has 0 saturated carbocycles. The van der Waals surface area contributed by atoms with Gasteiger partial charge in [-0.3, -0.25) is 4.79 Å². The number of amides is 1. The minimum atomic E-state index is -3.67. The Balaban J connectivity index is 1.62. The minimum absolute atomic E-state index is 0.0733. The van der Waals surface area contributed by atoms with E-state index in [1.54, 1.807) is 43.3 Å². The summed E-state index contributed by atoms with van der Waals surface area (Å²) < 4.78 is 44.0.